The van der Waals surface area contributed by atoms with Crippen LogP contribution in [0.2, 0.25) is 0 Å². The van der Waals surface area contributed by atoms with Crippen LogP contribution in [0.25, 0.3) is 10.9 Å². The molecule has 2 heterocycles. The second kappa shape index (κ2) is 9.34. The molecule has 0 aliphatic carbocycles. The van der Waals surface area contributed by atoms with Gasteiger partial charge in [0.1, 0.15) is 6.54 Å². The van der Waals surface area contributed by atoms with E-state index in [9.17, 15) is 14.4 Å². The first-order valence-corrected chi connectivity index (χ1v) is 10.4. The molecule has 31 heavy (non-hydrogen) atoms. The van der Waals surface area contributed by atoms with Crippen molar-refractivity contribution in [2.75, 3.05) is 29.9 Å². The lowest BCUT2D eigenvalue weighted by molar-refractivity contribution is -0.121. The van der Waals surface area contributed by atoms with Crippen molar-refractivity contribution < 1.29 is 14.4 Å². The molecule has 0 bridgehead atoms. The fourth-order valence-corrected chi connectivity index (χ4v) is 3.72. The number of nitrogens with one attached hydrogen (secondary N) is 4. The number of rotatable bonds is 7. The number of para-hydroxylation sites is 3. The molecule has 1 aromatic heterocycles. The highest BCUT2D eigenvalue weighted by molar-refractivity contribution is 6.09. The number of amides is 4. The molecule has 8 nitrogen and oxygen atoms in total. The van der Waals surface area contributed by atoms with E-state index in [1.54, 1.807) is 18.2 Å². The predicted octanol–water partition coefficient (Wildman–Crippen LogP) is 2.78. The molecule has 8 heteroatoms. The van der Waals surface area contributed by atoms with Gasteiger partial charge in [-0.05, 0) is 36.6 Å². The zero-order valence-electron chi connectivity index (χ0n) is 17.1. The number of urea groups is 1. The summed E-state index contributed by atoms with van der Waals surface area (Å²) in [4.78, 5) is 41.1. The van der Waals surface area contributed by atoms with Crippen molar-refractivity contribution in [1.29, 1.82) is 0 Å². The summed E-state index contributed by atoms with van der Waals surface area (Å²) in [6.45, 7) is 0.888. The van der Waals surface area contributed by atoms with Crippen molar-refractivity contribution in [3.05, 3.63) is 60.3 Å². The lowest BCUT2D eigenvalue weighted by Crippen LogP contribution is -2.47. The molecule has 0 spiro atoms. The molecule has 1 aliphatic heterocycles. The van der Waals surface area contributed by atoms with Gasteiger partial charge in [-0.15, -0.1) is 0 Å². The minimum Gasteiger partial charge on any atom is -0.361 e. The first-order chi connectivity index (χ1) is 15.1. The largest absolute Gasteiger partial charge is 0.361 e. The number of carbonyl (C=O) groups is 3. The molecule has 0 radical (unpaired) electrons. The van der Waals surface area contributed by atoms with Gasteiger partial charge < -0.3 is 20.9 Å². The third kappa shape index (κ3) is 4.85. The molecule has 4 N–H and O–H groups in total. The van der Waals surface area contributed by atoms with Crippen molar-refractivity contribution in [1.82, 2.24) is 15.6 Å². The summed E-state index contributed by atoms with van der Waals surface area (Å²) in [5.74, 6) is -0.278. The normalized spacial score (nSPS) is 12.9. The number of aromatic nitrogens is 1. The third-order valence-electron chi connectivity index (χ3n) is 5.26. The number of hydrogen-bond donors (Lipinski definition) is 4. The van der Waals surface area contributed by atoms with Crippen LogP contribution >= 0.6 is 0 Å². The first kappa shape index (κ1) is 20.5. The Kier molecular flexibility index (Phi) is 6.16. The molecule has 1 aliphatic rings. The Bertz CT molecular complexity index is 1110. The summed E-state index contributed by atoms with van der Waals surface area (Å²) >= 11 is 0. The Morgan fingerprint density at radius 2 is 1.81 bits per heavy atom. The number of hydrogen-bond acceptors (Lipinski definition) is 3. The summed E-state index contributed by atoms with van der Waals surface area (Å²) in [5, 5.41) is 9.64. The van der Waals surface area contributed by atoms with Crippen LogP contribution < -0.4 is 20.9 Å². The number of H-pyrrole nitrogens is 1. The van der Waals surface area contributed by atoms with E-state index in [1.165, 1.54) is 15.8 Å². The van der Waals surface area contributed by atoms with E-state index in [1.807, 2.05) is 30.5 Å². The van der Waals surface area contributed by atoms with E-state index in [4.69, 9.17) is 0 Å². The maximum atomic E-state index is 12.5. The van der Waals surface area contributed by atoms with Crippen LogP contribution in [0.5, 0.6) is 0 Å². The number of carbonyl (C=O) groups excluding carboxylic acids is 3. The topological polar surface area (TPSA) is 106 Å². The van der Waals surface area contributed by atoms with Gasteiger partial charge in [0.05, 0.1) is 11.4 Å². The van der Waals surface area contributed by atoms with Gasteiger partial charge in [-0.1, -0.05) is 30.3 Å². The minimum absolute atomic E-state index is 0.0306. The van der Waals surface area contributed by atoms with Crippen LogP contribution in [-0.4, -0.2) is 42.5 Å². The molecule has 3 aromatic rings. The number of nitrogens with zero attached hydrogens (tertiary/aromatic N) is 1. The van der Waals surface area contributed by atoms with Crippen LogP contribution in [0.1, 0.15) is 18.4 Å². The maximum Gasteiger partial charge on any atom is 0.322 e. The SMILES string of the molecule is O=C(CCCNC(=O)N1CC(=O)Nc2ccccc21)NCCc1c[nH]c2ccccc12. The Balaban J connectivity index is 1.17. The summed E-state index contributed by atoms with van der Waals surface area (Å²) in [7, 11) is 0. The lowest BCUT2D eigenvalue weighted by Gasteiger charge is -2.29. The van der Waals surface area contributed by atoms with Gasteiger partial charge in [-0.2, -0.15) is 0 Å². The van der Waals surface area contributed by atoms with Crippen LogP contribution in [0.3, 0.4) is 0 Å². The highest BCUT2D eigenvalue weighted by Crippen LogP contribution is 2.28. The van der Waals surface area contributed by atoms with Crippen molar-refractivity contribution in [2.45, 2.75) is 19.3 Å². The molecule has 0 saturated carbocycles. The van der Waals surface area contributed by atoms with Crippen molar-refractivity contribution in [3.8, 4) is 0 Å². The maximum absolute atomic E-state index is 12.5. The Hall–Kier alpha value is -3.81. The van der Waals surface area contributed by atoms with Gasteiger partial charge >= 0.3 is 6.03 Å². The highest BCUT2D eigenvalue weighted by Gasteiger charge is 2.26. The summed E-state index contributed by atoms with van der Waals surface area (Å²) in [6.07, 6.45) is 3.58. The van der Waals surface area contributed by atoms with Gasteiger partial charge in [0.2, 0.25) is 11.8 Å². The molecule has 2 aromatic carbocycles. The average Bonchev–Trinajstić information content (AvgIpc) is 3.19. The van der Waals surface area contributed by atoms with Crippen molar-refractivity contribution in [3.63, 3.8) is 0 Å². The third-order valence-corrected chi connectivity index (χ3v) is 5.26. The molecular formula is C23H25N5O3. The smallest absolute Gasteiger partial charge is 0.322 e. The summed E-state index contributed by atoms with van der Waals surface area (Å²) in [6, 6.07) is 14.9. The monoisotopic (exact) mass is 419 g/mol. The molecule has 0 unspecified atom stereocenters. The van der Waals surface area contributed by atoms with E-state index in [0.717, 1.165) is 11.9 Å². The van der Waals surface area contributed by atoms with Crippen LogP contribution in [0.15, 0.2) is 54.7 Å². The summed E-state index contributed by atoms with van der Waals surface area (Å²) < 4.78 is 0. The first-order valence-electron chi connectivity index (χ1n) is 10.4. The number of aromatic amines is 1. The standard InChI is InChI=1S/C23H25N5O3/c29-21(24-13-11-16-14-26-18-7-2-1-6-17(16)18)10-5-12-25-23(31)28-15-22(30)27-19-8-3-4-9-20(19)28/h1-4,6-9,14,26H,5,10-13,15H2,(H,24,29)(H,25,31)(H,27,30). The minimum atomic E-state index is -0.345. The van der Waals surface area contributed by atoms with E-state index >= 15 is 0 Å². The van der Waals surface area contributed by atoms with Crippen LogP contribution in [-0.2, 0) is 16.0 Å². The van der Waals surface area contributed by atoms with Gasteiger partial charge in [0.25, 0.3) is 0 Å². The van der Waals surface area contributed by atoms with Crippen molar-refractivity contribution >= 4 is 40.1 Å². The predicted molar refractivity (Wildman–Crippen MR) is 120 cm³/mol. The quantitative estimate of drug-likeness (QED) is 0.443. The number of fused-ring (bicyclic) bond motifs is 2. The fraction of sp³-hybridized carbons (Fsp3) is 0.261. The molecule has 0 saturated heterocycles. The Morgan fingerprint density at radius 3 is 2.71 bits per heavy atom. The zero-order valence-corrected chi connectivity index (χ0v) is 17.1. The molecular weight excluding hydrogens is 394 g/mol. The van der Waals surface area contributed by atoms with Gasteiger partial charge in [-0.25, -0.2) is 4.79 Å². The van der Waals surface area contributed by atoms with E-state index in [2.05, 4.69) is 27.0 Å². The second-order valence-electron chi connectivity index (χ2n) is 7.45. The molecule has 4 rings (SSSR count). The van der Waals surface area contributed by atoms with Crippen molar-refractivity contribution in [2.24, 2.45) is 0 Å². The van der Waals surface area contributed by atoms with Gasteiger partial charge in [0, 0.05) is 36.6 Å². The number of anilines is 2. The average molecular weight is 419 g/mol. The highest BCUT2D eigenvalue weighted by atomic mass is 16.2. The van der Waals surface area contributed by atoms with Crippen LogP contribution in [0, 0.1) is 0 Å². The lowest BCUT2D eigenvalue weighted by atomic mass is 10.1. The molecule has 4 amide bonds. The van der Waals surface area contributed by atoms with Gasteiger partial charge in [-0.3, -0.25) is 14.5 Å². The van der Waals surface area contributed by atoms with E-state index in [-0.39, 0.29) is 24.4 Å². The second-order valence-corrected chi connectivity index (χ2v) is 7.45. The van der Waals surface area contributed by atoms with E-state index < -0.39 is 0 Å². The number of benzene rings is 2. The van der Waals surface area contributed by atoms with Gasteiger partial charge in [0.15, 0.2) is 0 Å². The molecule has 0 fully saturated rings. The van der Waals surface area contributed by atoms with E-state index in [0.29, 0.717) is 37.3 Å². The molecule has 0 atom stereocenters. The molecule has 160 valence electrons. The zero-order chi connectivity index (χ0) is 21.6. The van der Waals surface area contributed by atoms with Crippen LogP contribution in [0.4, 0.5) is 16.2 Å². The Morgan fingerprint density at radius 1 is 1.00 bits per heavy atom. The fourth-order valence-electron chi connectivity index (χ4n) is 3.72. The Labute approximate surface area is 180 Å². The summed E-state index contributed by atoms with van der Waals surface area (Å²) in [5.41, 5.74) is 3.54.